The molecule has 2 nitrogen and oxygen atoms in total. The molecule has 3 rings (SSSR count). The third-order valence-electron chi connectivity index (χ3n) is 8.39. The first-order valence-electron chi connectivity index (χ1n) is 13.7. The van der Waals surface area contributed by atoms with E-state index in [1.807, 2.05) is 6.07 Å². The van der Waals surface area contributed by atoms with Gasteiger partial charge in [0.2, 0.25) is 5.91 Å². The minimum absolute atomic E-state index is 0.0813. The van der Waals surface area contributed by atoms with Crippen LogP contribution in [0.4, 0.5) is 4.39 Å². The number of unbranched alkanes of at least 4 members (excludes halogenated alkanes) is 2. The topological polar surface area (TPSA) is 29.1 Å². The van der Waals surface area contributed by atoms with Gasteiger partial charge in [-0.25, -0.2) is 4.39 Å². The molecular weight excluding hydrogens is 409 g/mol. The molecule has 1 amide bonds. The van der Waals surface area contributed by atoms with Crippen molar-refractivity contribution >= 4 is 5.91 Å². The van der Waals surface area contributed by atoms with Crippen LogP contribution in [0.3, 0.4) is 0 Å². The van der Waals surface area contributed by atoms with Crippen LogP contribution in [-0.4, -0.2) is 12.5 Å². The van der Waals surface area contributed by atoms with Gasteiger partial charge in [0.15, 0.2) is 0 Å². The highest BCUT2D eigenvalue weighted by Crippen LogP contribution is 2.44. The molecule has 1 aromatic rings. The average Bonchev–Trinajstić information content (AvgIpc) is 2.83. The van der Waals surface area contributed by atoms with Crippen molar-refractivity contribution in [3.8, 4) is 0 Å². The molecule has 0 atom stereocenters. The van der Waals surface area contributed by atoms with Gasteiger partial charge in [-0.05, 0) is 99.2 Å². The zero-order valence-corrected chi connectivity index (χ0v) is 21.1. The van der Waals surface area contributed by atoms with Gasteiger partial charge in [-0.1, -0.05) is 64.2 Å². The lowest BCUT2D eigenvalue weighted by atomic mass is 9.68. The van der Waals surface area contributed by atoms with Gasteiger partial charge in [-0.2, -0.15) is 0 Å². The van der Waals surface area contributed by atoms with Crippen molar-refractivity contribution < 1.29 is 9.18 Å². The van der Waals surface area contributed by atoms with Gasteiger partial charge in [-0.15, -0.1) is 0 Å². The summed E-state index contributed by atoms with van der Waals surface area (Å²) in [4.78, 5) is 11.5. The highest BCUT2D eigenvalue weighted by atomic mass is 19.1. The first-order chi connectivity index (χ1) is 16.0. The molecule has 1 aromatic carbocycles. The third kappa shape index (κ3) is 7.97. The van der Waals surface area contributed by atoms with Crippen molar-refractivity contribution in [2.24, 2.45) is 17.8 Å². The average molecular weight is 456 g/mol. The molecule has 0 bridgehead atoms. The maximum Gasteiger partial charge on any atom is 0.246 e. The highest BCUT2D eigenvalue weighted by molar-refractivity contribution is 5.91. The van der Waals surface area contributed by atoms with E-state index in [1.54, 1.807) is 13.0 Å². The van der Waals surface area contributed by atoms with E-state index in [4.69, 9.17) is 0 Å². The van der Waals surface area contributed by atoms with Crippen LogP contribution in [0.15, 0.2) is 30.4 Å². The summed E-state index contributed by atoms with van der Waals surface area (Å²) in [6.45, 7) is 8.18. The Balaban J connectivity index is 1.39. The summed E-state index contributed by atoms with van der Waals surface area (Å²) in [5.74, 6) is 3.15. The Morgan fingerprint density at radius 2 is 1.67 bits per heavy atom. The van der Waals surface area contributed by atoms with Crippen LogP contribution >= 0.6 is 0 Å². The van der Waals surface area contributed by atoms with Crippen molar-refractivity contribution in [1.82, 2.24) is 5.32 Å². The van der Waals surface area contributed by atoms with Gasteiger partial charge in [0.1, 0.15) is 5.82 Å². The van der Waals surface area contributed by atoms with E-state index in [2.05, 4.69) is 24.9 Å². The third-order valence-corrected chi connectivity index (χ3v) is 8.39. The summed E-state index contributed by atoms with van der Waals surface area (Å²) < 4.78 is 14.7. The largest absolute Gasteiger partial charge is 0.352 e. The van der Waals surface area contributed by atoms with Crippen LogP contribution in [0.2, 0.25) is 0 Å². The van der Waals surface area contributed by atoms with Crippen LogP contribution < -0.4 is 5.32 Å². The summed E-state index contributed by atoms with van der Waals surface area (Å²) in [5.41, 5.74) is 2.45. The molecule has 2 fully saturated rings. The number of halogens is 1. The highest BCUT2D eigenvalue weighted by Gasteiger charge is 2.31. The van der Waals surface area contributed by atoms with Crippen molar-refractivity contribution in [2.75, 3.05) is 6.54 Å². The maximum absolute atomic E-state index is 14.7. The quantitative estimate of drug-likeness (QED) is 0.265. The number of benzene rings is 1. The van der Waals surface area contributed by atoms with Crippen molar-refractivity contribution in [3.63, 3.8) is 0 Å². The lowest BCUT2D eigenvalue weighted by Crippen LogP contribution is -2.25. The zero-order valence-electron chi connectivity index (χ0n) is 21.1. The van der Waals surface area contributed by atoms with Crippen LogP contribution in [0, 0.1) is 23.6 Å². The van der Waals surface area contributed by atoms with Gasteiger partial charge in [0.25, 0.3) is 0 Å². The Bertz CT molecular complexity index is 757. The summed E-state index contributed by atoms with van der Waals surface area (Å²) >= 11 is 0. The molecular formula is C30H46FNO. The number of carbonyl (C=O) groups excluding carboxylic acids is 1. The van der Waals surface area contributed by atoms with Gasteiger partial charge in [-0.3, -0.25) is 4.79 Å². The Morgan fingerprint density at radius 1 is 1.00 bits per heavy atom. The minimum Gasteiger partial charge on any atom is -0.352 e. The second-order valence-corrected chi connectivity index (χ2v) is 10.9. The Morgan fingerprint density at radius 3 is 2.27 bits per heavy atom. The van der Waals surface area contributed by atoms with Gasteiger partial charge >= 0.3 is 0 Å². The van der Waals surface area contributed by atoms with Crippen LogP contribution in [-0.2, 0) is 11.2 Å². The van der Waals surface area contributed by atoms with E-state index < -0.39 is 0 Å². The van der Waals surface area contributed by atoms with E-state index in [-0.39, 0.29) is 11.7 Å². The lowest BCUT2D eigenvalue weighted by molar-refractivity contribution is -0.117. The predicted octanol–water partition coefficient (Wildman–Crippen LogP) is 8.11. The Kier molecular flexibility index (Phi) is 10.5. The van der Waals surface area contributed by atoms with E-state index in [0.717, 1.165) is 29.7 Å². The fourth-order valence-electron chi connectivity index (χ4n) is 6.21. The number of amides is 1. The normalized spacial score (nSPS) is 25.5. The summed E-state index contributed by atoms with van der Waals surface area (Å²) in [5, 5.41) is 2.82. The van der Waals surface area contributed by atoms with Gasteiger partial charge < -0.3 is 5.32 Å². The molecule has 0 aromatic heterocycles. The molecule has 1 N–H and O–H groups in total. The molecule has 0 radical (unpaired) electrons. The Hall–Kier alpha value is -1.64. The van der Waals surface area contributed by atoms with Crippen molar-refractivity contribution in [1.29, 1.82) is 0 Å². The number of nitrogens with one attached hydrogen (secondary N) is 1. The van der Waals surface area contributed by atoms with Crippen molar-refractivity contribution in [3.05, 3.63) is 47.3 Å². The van der Waals surface area contributed by atoms with Crippen LogP contribution in [0.5, 0.6) is 0 Å². The lowest BCUT2D eigenvalue weighted by Gasteiger charge is -2.38. The monoisotopic (exact) mass is 455 g/mol. The van der Waals surface area contributed by atoms with Crippen LogP contribution in [0.25, 0.3) is 0 Å². The molecule has 0 aliphatic heterocycles. The van der Waals surface area contributed by atoms with Crippen molar-refractivity contribution in [2.45, 2.75) is 110 Å². The van der Waals surface area contributed by atoms with E-state index in [9.17, 15) is 9.18 Å². The minimum atomic E-state index is -0.124. The molecule has 0 unspecified atom stereocenters. The van der Waals surface area contributed by atoms with E-state index in [1.165, 1.54) is 82.6 Å². The summed E-state index contributed by atoms with van der Waals surface area (Å²) in [6.07, 6.45) is 17.9. The second kappa shape index (κ2) is 13.3. The molecule has 0 spiro atoms. The fourth-order valence-corrected chi connectivity index (χ4v) is 6.21. The zero-order chi connectivity index (χ0) is 23.6. The van der Waals surface area contributed by atoms with Gasteiger partial charge in [0, 0.05) is 12.1 Å². The smallest absolute Gasteiger partial charge is 0.246 e. The number of carbonyl (C=O) groups is 1. The molecule has 2 aliphatic rings. The van der Waals surface area contributed by atoms with E-state index >= 15 is 0 Å². The molecule has 184 valence electrons. The molecule has 2 aliphatic carbocycles. The molecule has 3 heteroatoms. The maximum atomic E-state index is 14.7. The second-order valence-electron chi connectivity index (χ2n) is 10.9. The SMILES string of the molecule is C=C(C)C(=O)NCCCc1ccc(C2CCC(C3CCC(CCCCC)CC3)CC2)cc1F. The number of aryl methyl sites for hydroxylation is 1. The molecule has 0 saturated heterocycles. The summed E-state index contributed by atoms with van der Waals surface area (Å²) in [7, 11) is 0. The first kappa shape index (κ1) is 26.0. The first-order valence-corrected chi connectivity index (χ1v) is 13.7. The standard InChI is InChI=1S/C30H46FNO/c1-4-5-6-8-23-10-12-24(13-11-23)25-14-16-26(17-15-25)28-19-18-27(29(31)21-28)9-7-20-32-30(33)22(2)3/h18-19,21,23-26H,2,4-17,20H2,1,3H3,(H,32,33). The molecule has 33 heavy (non-hydrogen) atoms. The number of hydrogen-bond acceptors (Lipinski definition) is 1. The predicted molar refractivity (Wildman–Crippen MR) is 137 cm³/mol. The molecule has 2 saturated carbocycles. The van der Waals surface area contributed by atoms with Gasteiger partial charge in [0.05, 0.1) is 0 Å². The number of hydrogen-bond donors (Lipinski definition) is 1. The summed E-state index contributed by atoms with van der Waals surface area (Å²) in [6, 6.07) is 5.91. The van der Waals surface area contributed by atoms with E-state index in [0.29, 0.717) is 24.5 Å². The Labute approximate surface area is 201 Å². The molecule has 0 heterocycles. The van der Waals surface area contributed by atoms with Crippen LogP contribution in [0.1, 0.15) is 114 Å². The number of rotatable bonds is 11. The fraction of sp³-hybridized carbons (Fsp3) is 0.700.